The number of hydrogen-bond donors (Lipinski definition) is 4. The van der Waals surface area contributed by atoms with E-state index in [2.05, 4.69) is 62.5 Å². The Balaban J connectivity index is 2.22. The number of aliphatic hydroxyl groups excluding tert-OH is 4. The molecule has 4 N–H and O–H groups in total. The van der Waals surface area contributed by atoms with Crippen LogP contribution >= 0.6 is 0 Å². The van der Waals surface area contributed by atoms with E-state index in [1.165, 1.54) is 116 Å². The van der Waals surface area contributed by atoms with Crippen LogP contribution in [0.2, 0.25) is 0 Å². The number of ether oxygens (including phenoxy) is 4. The fraction of sp³-hybridized carbons (Fsp3) is 0.820. The maximum atomic E-state index is 12.8. The molecule has 1 aliphatic rings. The van der Waals surface area contributed by atoms with Crippen LogP contribution in [0.25, 0.3) is 0 Å². The summed E-state index contributed by atoms with van der Waals surface area (Å²) >= 11 is 0. The highest BCUT2D eigenvalue weighted by atomic mass is 16.7. The van der Waals surface area contributed by atoms with Crippen molar-refractivity contribution in [2.75, 3.05) is 26.4 Å². The zero-order valence-corrected chi connectivity index (χ0v) is 37.7. The van der Waals surface area contributed by atoms with E-state index in [1.54, 1.807) is 0 Å². The summed E-state index contributed by atoms with van der Waals surface area (Å²) in [7, 11) is 0. The van der Waals surface area contributed by atoms with Gasteiger partial charge < -0.3 is 39.4 Å². The van der Waals surface area contributed by atoms with Crippen molar-refractivity contribution in [1.82, 2.24) is 0 Å². The van der Waals surface area contributed by atoms with E-state index in [0.29, 0.717) is 13.0 Å². The Morgan fingerprint density at radius 1 is 0.542 bits per heavy atom. The van der Waals surface area contributed by atoms with Gasteiger partial charge in [-0.25, -0.2) is 0 Å². The van der Waals surface area contributed by atoms with Crippen LogP contribution in [0.1, 0.15) is 200 Å². The molecule has 0 aromatic carbocycles. The molecule has 0 bridgehead atoms. The smallest absolute Gasteiger partial charge is 0.306 e. The van der Waals surface area contributed by atoms with E-state index in [9.17, 15) is 25.2 Å². The van der Waals surface area contributed by atoms with Gasteiger partial charge in [-0.1, -0.05) is 172 Å². The predicted octanol–water partition coefficient (Wildman–Crippen LogP) is 11.3. The normalized spacial score (nSPS) is 20.5. The molecule has 0 aromatic rings. The SMILES string of the molecule is CCCC/C=C\C/C=C\CCCCCCCC(=O)OC(COCCCCCCCCCCCC/C=C\C/C=C\CCCCCCC)COC1OC(CO)C(O)C(O)C1O. The van der Waals surface area contributed by atoms with Gasteiger partial charge >= 0.3 is 5.97 Å². The molecule has 0 aromatic heterocycles. The third-order valence-corrected chi connectivity index (χ3v) is 11.0. The van der Waals surface area contributed by atoms with Crippen LogP contribution in [0.4, 0.5) is 0 Å². The van der Waals surface area contributed by atoms with Crippen LogP contribution < -0.4 is 0 Å². The molecule has 1 fully saturated rings. The fourth-order valence-corrected chi connectivity index (χ4v) is 7.13. The number of esters is 1. The summed E-state index contributed by atoms with van der Waals surface area (Å²) in [6, 6.07) is 0. The van der Waals surface area contributed by atoms with Gasteiger partial charge in [-0.3, -0.25) is 4.79 Å². The molecular formula is C50H90O9. The second kappa shape index (κ2) is 41.5. The summed E-state index contributed by atoms with van der Waals surface area (Å²) in [6.07, 6.45) is 44.2. The number of rotatable bonds is 41. The fourth-order valence-electron chi connectivity index (χ4n) is 7.13. The molecule has 1 aliphatic heterocycles. The van der Waals surface area contributed by atoms with Gasteiger partial charge in [-0.05, 0) is 70.6 Å². The first-order chi connectivity index (χ1) is 28.9. The average Bonchev–Trinajstić information content (AvgIpc) is 3.24. The Morgan fingerprint density at radius 2 is 1.00 bits per heavy atom. The Bertz CT molecular complexity index is 1040. The van der Waals surface area contributed by atoms with Crippen molar-refractivity contribution in [3.8, 4) is 0 Å². The largest absolute Gasteiger partial charge is 0.457 e. The highest BCUT2D eigenvalue weighted by Crippen LogP contribution is 2.22. The van der Waals surface area contributed by atoms with Gasteiger partial charge in [0.1, 0.15) is 30.5 Å². The Hall–Kier alpha value is -1.85. The van der Waals surface area contributed by atoms with Gasteiger partial charge in [0.05, 0.1) is 19.8 Å². The molecule has 0 amide bonds. The van der Waals surface area contributed by atoms with Gasteiger partial charge in [0.15, 0.2) is 6.29 Å². The number of unbranched alkanes of at least 4 members (excludes halogenated alkanes) is 22. The number of carbonyl (C=O) groups excluding carboxylic acids is 1. The minimum absolute atomic E-state index is 0.121. The maximum Gasteiger partial charge on any atom is 0.306 e. The minimum Gasteiger partial charge on any atom is -0.457 e. The van der Waals surface area contributed by atoms with Crippen LogP contribution in [0.3, 0.4) is 0 Å². The quantitative estimate of drug-likeness (QED) is 0.0270. The monoisotopic (exact) mass is 835 g/mol. The molecule has 1 rings (SSSR count). The van der Waals surface area contributed by atoms with Crippen LogP contribution in [0, 0.1) is 0 Å². The lowest BCUT2D eigenvalue weighted by Crippen LogP contribution is -2.59. The van der Waals surface area contributed by atoms with Crippen LogP contribution in [0.5, 0.6) is 0 Å². The van der Waals surface area contributed by atoms with E-state index < -0.39 is 43.4 Å². The lowest BCUT2D eigenvalue weighted by atomic mass is 9.99. The molecule has 1 saturated heterocycles. The Labute approximate surface area is 361 Å². The van der Waals surface area contributed by atoms with Gasteiger partial charge in [0, 0.05) is 13.0 Å². The van der Waals surface area contributed by atoms with Crippen molar-refractivity contribution in [1.29, 1.82) is 0 Å². The van der Waals surface area contributed by atoms with Crippen LogP contribution in [-0.2, 0) is 23.7 Å². The number of hydrogen-bond acceptors (Lipinski definition) is 9. The topological polar surface area (TPSA) is 135 Å². The molecule has 6 atom stereocenters. The third kappa shape index (κ3) is 32.5. The van der Waals surface area contributed by atoms with Gasteiger partial charge in [-0.2, -0.15) is 0 Å². The molecule has 0 radical (unpaired) electrons. The number of allylic oxidation sites excluding steroid dienone is 8. The Kier molecular flexibility index (Phi) is 38.8. The molecule has 6 unspecified atom stereocenters. The van der Waals surface area contributed by atoms with E-state index in [0.717, 1.165) is 64.2 Å². The van der Waals surface area contributed by atoms with Crippen molar-refractivity contribution in [3.05, 3.63) is 48.6 Å². The average molecular weight is 835 g/mol. The molecule has 9 nitrogen and oxygen atoms in total. The molecule has 59 heavy (non-hydrogen) atoms. The van der Waals surface area contributed by atoms with Gasteiger partial charge in [-0.15, -0.1) is 0 Å². The summed E-state index contributed by atoms with van der Waals surface area (Å²) in [4.78, 5) is 12.8. The zero-order chi connectivity index (χ0) is 42.9. The highest BCUT2D eigenvalue weighted by molar-refractivity contribution is 5.69. The zero-order valence-electron chi connectivity index (χ0n) is 37.7. The second-order valence-electron chi connectivity index (χ2n) is 16.6. The summed E-state index contributed by atoms with van der Waals surface area (Å²) in [5.41, 5.74) is 0. The summed E-state index contributed by atoms with van der Waals surface area (Å²) in [5, 5.41) is 40.2. The van der Waals surface area contributed by atoms with Crippen LogP contribution in [0.15, 0.2) is 48.6 Å². The van der Waals surface area contributed by atoms with E-state index in [1.807, 2.05) is 0 Å². The number of carbonyl (C=O) groups is 1. The van der Waals surface area contributed by atoms with Crippen molar-refractivity contribution < 1.29 is 44.2 Å². The van der Waals surface area contributed by atoms with E-state index in [-0.39, 0.29) is 19.2 Å². The lowest BCUT2D eigenvalue weighted by molar-refractivity contribution is -0.305. The molecular weight excluding hydrogens is 745 g/mol. The first kappa shape index (κ1) is 55.2. The first-order valence-corrected chi connectivity index (χ1v) is 24.2. The van der Waals surface area contributed by atoms with Crippen molar-refractivity contribution in [2.24, 2.45) is 0 Å². The molecule has 0 aliphatic carbocycles. The predicted molar refractivity (Wildman–Crippen MR) is 242 cm³/mol. The number of aliphatic hydroxyl groups is 4. The third-order valence-electron chi connectivity index (χ3n) is 11.0. The molecule has 0 saturated carbocycles. The van der Waals surface area contributed by atoms with E-state index in [4.69, 9.17) is 18.9 Å². The van der Waals surface area contributed by atoms with Crippen molar-refractivity contribution >= 4 is 5.97 Å². The van der Waals surface area contributed by atoms with E-state index >= 15 is 0 Å². The van der Waals surface area contributed by atoms with Crippen molar-refractivity contribution in [2.45, 2.75) is 237 Å². The summed E-state index contributed by atoms with van der Waals surface area (Å²) in [5.74, 6) is -0.329. The Morgan fingerprint density at radius 3 is 1.51 bits per heavy atom. The van der Waals surface area contributed by atoms with Crippen LogP contribution in [-0.4, -0.2) is 89.6 Å². The molecule has 1 heterocycles. The molecule has 0 spiro atoms. The summed E-state index contributed by atoms with van der Waals surface area (Å²) < 4.78 is 22.8. The lowest BCUT2D eigenvalue weighted by Gasteiger charge is -2.39. The van der Waals surface area contributed by atoms with Gasteiger partial charge in [0.2, 0.25) is 0 Å². The minimum atomic E-state index is -1.54. The maximum absolute atomic E-state index is 12.8. The molecule has 344 valence electrons. The summed E-state index contributed by atoms with van der Waals surface area (Å²) in [6.45, 7) is 4.49. The molecule has 9 heteroatoms. The first-order valence-electron chi connectivity index (χ1n) is 24.2. The highest BCUT2D eigenvalue weighted by Gasteiger charge is 2.44. The van der Waals surface area contributed by atoms with Gasteiger partial charge in [0.25, 0.3) is 0 Å². The standard InChI is InChI=1S/C50H90O9/c1-3-5-7-9-11-13-15-17-19-20-21-22-23-24-25-26-28-30-32-34-36-38-40-56-42-44(43-57-50-49(55)48(54)47(53)45(41-51)59-50)58-46(52)39-37-35-33-31-29-27-18-16-14-12-10-8-6-4-2/h10,12,15-18,20-21,44-45,47-51,53-55H,3-9,11,13-14,19,22-43H2,1-2H3/b12-10-,17-15-,18-16-,21-20-. The van der Waals surface area contributed by atoms with Crippen molar-refractivity contribution in [3.63, 3.8) is 0 Å². The second-order valence-corrected chi connectivity index (χ2v) is 16.6.